The van der Waals surface area contributed by atoms with Crippen molar-refractivity contribution in [3.05, 3.63) is 90.0 Å². The van der Waals surface area contributed by atoms with Gasteiger partial charge in [-0.3, -0.25) is 10.1 Å². The van der Waals surface area contributed by atoms with E-state index >= 15 is 0 Å². The van der Waals surface area contributed by atoms with Crippen LogP contribution < -0.4 is 20.1 Å². The molecule has 178 valence electrons. The van der Waals surface area contributed by atoms with Crippen LogP contribution in [0.15, 0.2) is 83.8 Å². The van der Waals surface area contributed by atoms with Gasteiger partial charge in [0.2, 0.25) is 10.0 Å². The molecule has 34 heavy (non-hydrogen) atoms. The minimum Gasteiger partial charge on any atom is -0.493 e. The molecule has 3 aromatic carbocycles. The minimum atomic E-state index is -3.57. The first kappa shape index (κ1) is 25.4. The van der Waals surface area contributed by atoms with Crippen molar-refractivity contribution in [1.82, 2.24) is 10.0 Å². The van der Waals surface area contributed by atoms with E-state index in [0.29, 0.717) is 23.6 Å². The second kappa shape index (κ2) is 11.7. The minimum absolute atomic E-state index is 0.101. The molecule has 3 N–H and O–H groups in total. The van der Waals surface area contributed by atoms with Crippen LogP contribution in [0.3, 0.4) is 0 Å². The summed E-state index contributed by atoms with van der Waals surface area (Å²) in [5.74, 6) is 0.309. The average molecular weight is 498 g/mol. The maximum Gasteiger partial charge on any atom is 0.257 e. The van der Waals surface area contributed by atoms with E-state index < -0.39 is 10.0 Å². The maximum atomic E-state index is 12.5. The molecule has 0 spiro atoms. The third-order valence-corrected chi connectivity index (χ3v) is 6.54. The Hall–Kier alpha value is -3.27. The van der Waals surface area contributed by atoms with Crippen LogP contribution in [0.25, 0.3) is 0 Å². The van der Waals surface area contributed by atoms with Crippen LogP contribution in [-0.2, 0) is 16.4 Å². The number of carbonyl (C=O) groups excluding carboxylic acids is 1. The number of rotatable bonds is 9. The Kier molecular flexibility index (Phi) is 8.75. The van der Waals surface area contributed by atoms with E-state index in [0.717, 1.165) is 6.42 Å². The lowest BCUT2D eigenvalue weighted by Crippen LogP contribution is -2.34. The zero-order chi connectivity index (χ0) is 24.6. The zero-order valence-electron chi connectivity index (χ0n) is 18.9. The molecule has 0 saturated heterocycles. The van der Waals surface area contributed by atoms with E-state index in [1.807, 2.05) is 30.3 Å². The summed E-state index contributed by atoms with van der Waals surface area (Å²) in [4.78, 5) is 12.6. The number of carbonyl (C=O) groups is 1. The summed E-state index contributed by atoms with van der Waals surface area (Å²) in [5.41, 5.74) is 2.18. The molecule has 0 atom stereocenters. The van der Waals surface area contributed by atoms with Gasteiger partial charge in [-0.2, -0.15) is 0 Å². The number of hydrogen-bond donors (Lipinski definition) is 3. The highest BCUT2D eigenvalue weighted by Crippen LogP contribution is 2.15. The Labute approximate surface area is 205 Å². The lowest BCUT2D eigenvalue weighted by Gasteiger charge is -2.12. The molecule has 3 rings (SSSR count). The summed E-state index contributed by atoms with van der Waals surface area (Å²) in [6.07, 6.45) is 0.796. The van der Waals surface area contributed by atoms with Crippen LogP contribution in [0.2, 0.25) is 0 Å². The number of thiocarbonyl (C=S) groups is 1. The van der Waals surface area contributed by atoms with Gasteiger partial charge in [-0.15, -0.1) is 0 Å². The van der Waals surface area contributed by atoms with Gasteiger partial charge in [0.05, 0.1) is 11.5 Å². The third-order valence-electron chi connectivity index (χ3n) is 4.66. The number of sulfonamides is 1. The van der Waals surface area contributed by atoms with Crippen LogP contribution in [0.5, 0.6) is 5.75 Å². The Morgan fingerprint density at radius 3 is 2.21 bits per heavy atom. The molecule has 1 amide bonds. The molecule has 0 radical (unpaired) electrons. The molecule has 0 unspecified atom stereocenters. The van der Waals surface area contributed by atoms with Gasteiger partial charge in [-0.25, -0.2) is 13.1 Å². The summed E-state index contributed by atoms with van der Waals surface area (Å²) < 4.78 is 32.7. The zero-order valence-corrected chi connectivity index (χ0v) is 20.6. The number of nitrogens with one attached hydrogen (secondary N) is 3. The molecule has 0 aliphatic heterocycles. The molecular formula is C25H27N3O4S2. The molecule has 0 bridgehead atoms. The van der Waals surface area contributed by atoms with Crippen LogP contribution in [0, 0.1) is 0 Å². The van der Waals surface area contributed by atoms with Crippen molar-refractivity contribution in [1.29, 1.82) is 0 Å². The predicted molar refractivity (Wildman–Crippen MR) is 138 cm³/mol. The summed E-state index contributed by atoms with van der Waals surface area (Å²) in [5, 5.41) is 5.59. The first-order valence-electron chi connectivity index (χ1n) is 10.7. The first-order chi connectivity index (χ1) is 16.2. The first-order valence-corrected chi connectivity index (χ1v) is 12.6. The van der Waals surface area contributed by atoms with Gasteiger partial charge in [0, 0.05) is 23.7 Å². The smallest absolute Gasteiger partial charge is 0.257 e. The Morgan fingerprint density at radius 2 is 1.59 bits per heavy atom. The fourth-order valence-corrected chi connectivity index (χ4v) is 4.53. The van der Waals surface area contributed by atoms with Crippen LogP contribution >= 0.6 is 12.2 Å². The lowest BCUT2D eigenvalue weighted by molar-refractivity contribution is 0.0977. The standard InChI is InChI=1S/C25H27N3O4S2/c1-18(2)28-34(30,31)23-14-10-21(11-15-23)26-25(33)27-24(29)20-8-12-22(13-9-20)32-17-16-19-6-4-3-5-7-19/h3-15,18,28H,16-17H2,1-2H3,(H2,26,27,29,33). The number of amides is 1. The highest BCUT2D eigenvalue weighted by atomic mass is 32.2. The maximum absolute atomic E-state index is 12.5. The molecule has 0 aliphatic carbocycles. The molecule has 9 heteroatoms. The van der Waals surface area contributed by atoms with Crippen molar-refractivity contribution in [3.63, 3.8) is 0 Å². The summed E-state index contributed by atoms with van der Waals surface area (Å²) in [6.45, 7) is 4.04. The highest BCUT2D eigenvalue weighted by molar-refractivity contribution is 7.89. The van der Waals surface area contributed by atoms with Gasteiger partial charge in [0.25, 0.3) is 5.91 Å². The van der Waals surface area contributed by atoms with Gasteiger partial charge in [-0.1, -0.05) is 30.3 Å². The molecule has 3 aromatic rings. The fourth-order valence-electron chi connectivity index (χ4n) is 3.07. The Balaban J connectivity index is 1.49. The second-order valence-electron chi connectivity index (χ2n) is 7.82. The van der Waals surface area contributed by atoms with Crippen molar-refractivity contribution in [2.45, 2.75) is 31.2 Å². The van der Waals surface area contributed by atoms with Gasteiger partial charge in [0.15, 0.2) is 5.11 Å². The van der Waals surface area contributed by atoms with Crippen LogP contribution in [-0.4, -0.2) is 32.1 Å². The largest absolute Gasteiger partial charge is 0.493 e. The van der Waals surface area contributed by atoms with E-state index in [-0.39, 0.29) is 22.0 Å². The summed E-state index contributed by atoms with van der Waals surface area (Å²) in [6, 6.07) is 22.7. The van der Waals surface area contributed by atoms with E-state index in [2.05, 4.69) is 15.4 Å². The van der Waals surface area contributed by atoms with Crippen LogP contribution in [0.4, 0.5) is 5.69 Å². The van der Waals surface area contributed by atoms with Crippen molar-refractivity contribution < 1.29 is 17.9 Å². The number of anilines is 1. The second-order valence-corrected chi connectivity index (χ2v) is 9.94. The van der Waals surface area contributed by atoms with E-state index in [9.17, 15) is 13.2 Å². The van der Waals surface area contributed by atoms with E-state index in [1.54, 1.807) is 50.2 Å². The normalized spacial score (nSPS) is 11.1. The van der Waals surface area contributed by atoms with Crippen LogP contribution in [0.1, 0.15) is 29.8 Å². The molecule has 0 saturated carbocycles. The highest BCUT2D eigenvalue weighted by Gasteiger charge is 2.15. The fraction of sp³-hybridized carbons (Fsp3) is 0.200. The van der Waals surface area contributed by atoms with Gasteiger partial charge in [-0.05, 0) is 80.2 Å². The monoisotopic (exact) mass is 497 g/mol. The molecule has 0 fully saturated rings. The van der Waals surface area contributed by atoms with E-state index in [1.165, 1.54) is 17.7 Å². The molecule has 0 aliphatic rings. The Morgan fingerprint density at radius 1 is 0.941 bits per heavy atom. The molecule has 0 aromatic heterocycles. The van der Waals surface area contributed by atoms with Crippen molar-refractivity contribution in [2.24, 2.45) is 0 Å². The number of ether oxygens (including phenoxy) is 1. The summed E-state index contributed by atoms with van der Waals surface area (Å²) >= 11 is 5.21. The van der Waals surface area contributed by atoms with Gasteiger partial charge in [0.1, 0.15) is 5.75 Å². The molecule has 0 heterocycles. The number of hydrogen-bond acceptors (Lipinski definition) is 5. The van der Waals surface area contributed by atoms with Crippen molar-refractivity contribution in [3.8, 4) is 5.75 Å². The molecule has 7 nitrogen and oxygen atoms in total. The summed E-state index contributed by atoms with van der Waals surface area (Å²) in [7, 11) is -3.57. The molecular weight excluding hydrogens is 470 g/mol. The van der Waals surface area contributed by atoms with Gasteiger partial charge < -0.3 is 10.1 Å². The van der Waals surface area contributed by atoms with Crippen molar-refractivity contribution >= 4 is 38.9 Å². The predicted octanol–water partition coefficient (Wildman–Crippen LogP) is 4.12. The number of benzene rings is 3. The van der Waals surface area contributed by atoms with E-state index in [4.69, 9.17) is 17.0 Å². The third kappa shape index (κ3) is 7.65. The SMILES string of the molecule is CC(C)NS(=O)(=O)c1ccc(NC(=S)NC(=O)c2ccc(OCCc3ccccc3)cc2)cc1. The Bertz CT molecular complexity index is 1210. The quantitative estimate of drug-likeness (QED) is 0.385. The lowest BCUT2D eigenvalue weighted by atomic mass is 10.2. The van der Waals surface area contributed by atoms with Crippen molar-refractivity contribution in [2.75, 3.05) is 11.9 Å². The topological polar surface area (TPSA) is 96.5 Å². The van der Waals surface area contributed by atoms with Gasteiger partial charge >= 0.3 is 0 Å². The average Bonchev–Trinajstić information content (AvgIpc) is 2.79.